The topological polar surface area (TPSA) is 38.7 Å². The summed E-state index contributed by atoms with van der Waals surface area (Å²) in [6, 6.07) is 44.6. The Balaban J connectivity index is 1.55. The molecule has 0 aliphatic heterocycles. The van der Waals surface area contributed by atoms with Crippen molar-refractivity contribution < 1.29 is 0 Å². The molecule has 0 bridgehead atoms. The second-order valence-electron chi connectivity index (χ2n) is 9.27. The molecule has 7 aromatic rings. The first kappa shape index (κ1) is 22.1. The zero-order valence-electron chi connectivity index (χ0n) is 20.6. The van der Waals surface area contributed by atoms with Crippen LogP contribution >= 0.6 is 0 Å². The van der Waals surface area contributed by atoms with Gasteiger partial charge in [0.1, 0.15) is 5.69 Å². The summed E-state index contributed by atoms with van der Waals surface area (Å²) in [5.41, 5.74) is 7.61. The van der Waals surface area contributed by atoms with Crippen LogP contribution in [-0.2, 0) is 0 Å². The van der Waals surface area contributed by atoms with Crippen molar-refractivity contribution in [1.29, 1.82) is 0 Å². The third-order valence-corrected chi connectivity index (χ3v) is 6.99. The lowest BCUT2D eigenvalue weighted by Crippen LogP contribution is -1.94. The Morgan fingerprint density at radius 3 is 1.58 bits per heavy atom. The molecule has 2 aromatic heterocycles. The third kappa shape index (κ3) is 3.82. The van der Waals surface area contributed by atoms with Crippen molar-refractivity contribution in [3.8, 4) is 45.0 Å². The summed E-state index contributed by atoms with van der Waals surface area (Å²) in [6.45, 7) is 0. The summed E-state index contributed by atoms with van der Waals surface area (Å²) in [5.74, 6) is 0.623. The quantitative estimate of drug-likeness (QED) is 0.234. The summed E-state index contributed by atoms with van der Waals surface area (Å²) in [4.78, 5) is 13.7. The molecule has 0 saturated carbocycles. The van der Waals surface area contributed by atoms with Crippen LogP contribution in [0.4, 0.5) is 0 Å². The van der Waals surface area contributed by atoms with E-state index in [9.17, 15) is 0 Å². The molecule has 3 nitrogen and oxygen atoms in total. The molecular formula is C35H23N3. The van der Waals surface area contributed by atoms with E-state index in [2.05, 4.69) is 119 Å². The van der Waals surface area contributed by atoms with E-state index in [-0.39, 0.29) is 0 Å². The molecule has 7 rings (SSSR count). The highest BCUT2D eigenvalue weighted by Crippen LogP contribution is 2.44. The number of pyridine rings is 1. The molecule has 0 aliphatic rings. The number of hydrogen-bond donors (Lipinski definition) is 0. The van der Waals surface area contributed by atoms with Crippen LogP contribution in [0.15, 0.2) is 140 Å². The van der Waals surface area contributed by atoms with Gasteiger partial charge >= 0.3 is 0 Å². The SMILES string of the molecule is c1ccc(-c2c3ccccc3c(-c3ccccc3)c3cc(-c4cccc(-c5ncccn5)n4)ccc23)cc1. The number of hydrogen-bond acceptors (Lipinski definition) is 3. The molecule has 0 unspecified atom stereocenters. The van der Waals surface area contributed by atoms with Crippen LogP contribution in [0.3, 0.4) is 0 Å². The highest BCUT2D eigenvalue weighted by Gasteiger charge is 2.17. The lowest BCUT2D eigenvalue weighted by molar-refractivity contribution is 1.14. The van der Waals surface area contributed by atoms with Gasteiger partial charge < -0.3 is 0 Å². The Hall–Kier alpha value is -5.15. The first-order valence-electron chi connectivity index (χ1n) is 12.7. The number of fused-ring (bicyclic) bond motifs is 2. The molecule has 0 aliphatic carbocycles. The maximum absolute atomic E-state index is 4.94. The maximum Gasteiger partial charge on any atom is 0.178 e. The van der Waals surface area contributed by atoms with Gasteiger partial charge in [-0.3, -0.25) is 0 Å². The van der Waals surface area contributed by atoms with Gasteiger partial charge in [-0.2, -0.15) is 0 Å². The Morgan fingerprint density at radius 2 is 0.921 bits per heavy atom. The van der Waals surface area contributed by atoms with Gasteiger partial charge in [0.05, 0.1) is 5.69 Å². The number of aromatic nitrogens is 3. The minimum Gasteiger partial charge on any atom is -0.244 e. The van der Waals surface area contributed by atoms with Gasteiger partial charge in [-0.1, -0.05) is 103 Å². The van der Waals surface area contributed by atoms with Crippen LogP contribution in [-0.4, -0.2) is 15.0 Å². The molecule has 178 valence electrons. The molecule has 0 saturated heterocycles. The lowest BCUT2D eigenvalue weighted by atomic mass is 9.85. The minimum absolute atomic E-state index is 0.623. The van der Waals surface area contributed by atoms with Crippen LogP contribution < -0.4 is 0 Å². The van der Waals surface area contributed by atoms with Crippen LogP contribution in [0.5, 0.6) is 0 Å². The van der Waals surface area contributed by atoms with Gasteiger partial charge in [0.25, 0.3) is 0 Å². The summed E-state index contributed by atoms with van der Waals surface area (Å²) >= 11 is 0. The van der Waals surface area contributed by atoms with Crippen molar-refractivity contribution in [1.82, 2.24) is 15.0 Å². The molecule has 3 heteroatoms. The molecule has 0 N–H and O–H groups in total. The van der Waals surface area contributed by atoms with E-state index >= 15 is 0 Å². The highest BCUT2D eigenvalue weighted by molar-refractivity contribution is 6.21. The zero-order valence-corrected chi connectivity index (χ0v) is 20.6. The van der Waals surface area contributed by atoms with Crippen LogP contribution in [0, 0.1) is 0 Å². The van der Waals surface area contributed by atoms with Gasteiger partial charge in [-0.15, -0.1) is 0 Å². The van der Waals surface area contributed by atoms with Crippen LogP contribution in [0.25, 0.3) is 66.6 Å². The normalized spacial score (nSPS) is 11.2. The molecule has 0 atom stereocenters. The molecule has 0 radical (unpaired) electrons. The summed E-state index contributed by atoms with van der Waals surface area (Å²) < 4.78 is 0. The Labute approximate surface area is 221 Å². The molecule has 0 spiro atoms. The summed E-state index contributed by atoms with van der Waals surface area (Å²) in [5, 5.41) is 4.91. The van der Waals surface area contributed by atoms with Crippen molar-refractivity contribution in [3.63, 3.8) is 0 Å². The van der Waals surface area contributed by atoms with E-state index in [4.69, 9.17) is 4.98 Å². The van der Waals surface area contributed by atoms with Crippen molar-refractivity contribution >= 4 is 21.5 Å². The molecule has 38 heavy (non-hydrogen) atoms. The standard InChI is InChI=1S/C35H23N3/c1-3-11-24(12-4-1)33-27-15-7-8-16-28(27)34(25-13-5-2-6-14-25)30-23-26(19-20-29(30)33)31-17-9-18-32(38-31)35-36-21-10-22-37-35/h1-23H. The van der Waals surface area contributed by atoms with E-state index in [0.29, 0.717) is 5.82 Å². The summed E-state index contributed by atoms with van der Waals surface area (Å²) in [6.07, 6.45) is 3.49. The Morgan fingerprint density at radius 1 is 0.368 bits per heavy atom. The van der Waals surface area contributed by atoms with E-state index in [1.807, 2.05) is 18.2 Å². The number of rotatable bonds is 4. The van der Waals surface area contributed by atoms with E-state index in [1.165, 1.54) is 43.8 Å². The van der Waals surface area contributed by atoms with Crippen molar-refractivity contribution in [2.45, 2.75) is 0 Å². The van der Waals surface area contributed by atoms with Gasteiger partial charge in [0.2, 0.25) is 0 Å². The predicted molar refractivity (Wildman–Crippen MR) is 157 cm³/mol. The number of benzene rings is 5. The first-order valence-corrected chi connectivity index (χ1v) is 12.7. The van der Waals surface area contributed by atoms with Gasteiger partial charge in [-0.05, 0) is 68.1 Å². The minimum atomic E-state index is 0.623. The molecular weight excluding hydrogens is 462 g/mol. The fourth-order valence-corrected chi connectivity index (χ4v) is 5.32. The van der Waals surface area contributed by atoms with Crippen molar-refractivity contribution in [2.24, 2.45) is 0 Å². The zero-order chi connectivity index (χ0) is 25.3. The monoisotopic (exact) mass is 485 g/mol. The first-order chi connectivity index (χ1) is 18.9. The average molecular weight is 486 g/mol. The van der Waals surface area contributed by atoms with Gasteiger partial charge in [0, 0.05) is 18.0 Å². The van der Waals surface area contributed by atoms with E-state index in [0.717, 1.165) is 17.0 Å². The molecule has 2 heterocycles. The van der Waals surface area contributed by atoms with Crippen LogP contribution in [0.2, 0.25) is 0 Å². The molecule has 0 amide bonds. The second kappa shape index (κ2) is 9.38. The van der Waals surface area contributed by atoms with Crippen LogP contribution in [0.1, 0.15) is 0 Å². The second-order valence-corrected chi connectivity index (χ2v) is 9.27. The largest absolute Gasteiger partial charge is 0.244 e. The Bertz CT molecular complexity index is 1900. The smallest absolute Gasteiger partial charge is 0.178 e. The number of nitrogens with zero attached hydrogens (tertiary/aromatic N) is 3. The maximum atomic E-state index is 4.94. The van der Waals surface area contributed by atoms with Gasteiger partial charge in [-0.25, -0.2) is 15.0 Å². The van der Waals surface area contributed by atoms with Gasteiger partial charge in [0.15, 0.2) is 5.82 Å². The third-order valence-electron chi connectivity index (χ3n) is 6.99. The van der Waals surface area contributed by atoms with Crippen molar-refractivity contribution in [2.75, 3.05) is 0 Å². The highest BCUT2D eigenvalue weighted by atomic mass is 14.9. The summed E-state index contributed by atoms with van der Waals surface area (Å²) in [7, 11) is 0. The van der Waals surface area contributed by atoms with E-state index < -0.39 is 0 Å². The fraction of sp³-hybridized carbons (Fsp3) is 0. The lowest BCUT2D eigenvalue weighted by Gasteiger charge is -2.18. The average Bonchev–Trinajstić information content (AvgIpc) is 3.01. The molecule has 5 aromatic carbocycles. The Kier molecular flexibility index (Phi) is 5.45. The van der Waals surface area contributed by atoms with Crippen molar-refractivity contribution in [3.05, 3.63) is 140 Å². The molecule has 0 fully saturated rings. The van der Waals surface area contributed by atoms with E-state index in [1.54, 1.807) is 12.4 Å². The predicted octanol–water partition coefficient (Wildman–Crippen LogP) is 8.85. The fourth-order valence-electron chi connectivity index (χ4n) is 5.32.